The summed E-state index contributed by atoms with van der Waals surface area (Å²) in [4.78, 5) is 0. The van der Waals surface area contributed by atoms with Crippen LogP contribution < -0.4 is 5.32 Å². The van der Waals surface area contributed by atoms with Crippen molar-refractivity contribution in [3.05, 3.63) is 42.0 Å². The van der Waals surface area contributed by atoms with Gasteiger partial charge in [0.25, 0.3) is 0 Å². The zero-order chi connectivity index (χ0) is 12.1. The molecule has 0 aliphatic heterocycles. The zero-order valence-electron chi connectivity index (χ0n) is 10.4. The van der Waals surface area contributed by atoms with E-state index in [1.54, 1.807) is 0 Å². The summed E-state index contributed by atoms with van der Waals surface area (Å²) in [6.45, 7) is 2.80. The van der Waals surface area contributed by atoms with E-state index in [4.69, 9.17) is 0 Å². The maximum atomic E-state index is 9.69. The smallest absolute Gasteiger partial charge is 0.0781 e. The highest BCUT2D eigenvalue weighted by Gasteiger charge is 2.11. The van der Waals surface area contributed by atoms with Crippen LogP contribution in [0.1, 0.15) is 37.9 Å². The molecule has 0 aromatic heterocycles. The van der Waals surface area contributed by atoms with Crippen LogP contribution in [0.25, 0.3) is 0 Å². The lowest BCUT2D eigenvalue weighted by Gasteiger charge is -2.20. The van der Waals surface area contributed by atoms with E-state index in [2.05, 4.69) is 17.5 Å². The molecule has 0 heterocycles. The van der Waals surface area contributed by atoms with Gasteiger partial charge in [-0.15, -0.1) is 0 Å². The molecule has 2 unspecified atom stereocenters. The third-order valence-electron chi connectivity index (χ3n) is 3.37. The molecule has 0 amide bonds. The van der Waals surface area contributed by atoms with E-state index in [0.717, 1.165) is 23.7 Å². The molecule has 0 saturated heterocycles. The van der Waals surface area contributed by atoms with Gasteiger partial charge in [-0.05, 0) is 38.2 Å². The monoisotopic (exact) mass is 231 g/mol. The van der Waals surface area contributed by atoms with Crippen molar-refractivity contribution in [3.63, 3.8) is 0 Å². The van der Waals surface area contributed by atoms with Crippen molar-refractivity contribution in [1.29, 1.82) is 0 Å². The number of allylic oxidation sites excluding steroid dienone is 2. The largest absolute Gasteiger partial charge is 0.389 e. The molecule has 92 valence electrons. The summed E-state index contributed by atoms with van der Waals surface area (Å²) >= 11 is 0. The zero-order valence-corrected chi connectivity index (χ0v) is 10.4. The van der Waals surface area contributed by atoms with Gasteiger partial charge in [-0.2, -0.15) is 0 Å². The predicted molar refractivity (Wildman–Crippen MR) is 72.0 cm³/mol. The number of para-hydroxylation sites is 1. The van der Waals surface area contributed by atoms with E-state index in [1.165, 1.54) is 19.3 Å². The van der Waals surface area contributed by atoms with Gasteiger partial charge in [0.2, 0.25) is 0 Å². The maximum Gasteiger partial charge on any atom is 0.0781 e. The average Bonchev–Trinajstić information content (AvgIpc) is 2.38. The first kappa shape index (κ1) is 12.2. The van der Waals surface area contributed by atoms with Crippen LogP contribution in [-0.4, -0.2) is 11.7 Å². The number of aliphatic hydroxyl groups excluding tert-OH is 1. The molecule has 17 heavy (non-hydrogen) atoms. The summed E-state index contributed by atoms with van der Waals surface area (Å²) < 4.78 is 0. The summed E-state index contributed by atoms with van der Waals surface area (Å²) in [5.74, 6) is 0.724. The lowest BCUT2D eigenvalue weighted by molar-refractivity contribution is 0.200. The molecular formula is C15H21NO. The number of anilines is 1. The van der Waals surface area contributed by atoms with Gasteiger partial charge in [-0.3, -0.25) is 0 Å². The van der Waals surface area contributed by atoms with Crippen molar-refractivity contribution in [2.24, 2.45) is 5.92 Å². The molecule has 0 fully saturated rings. The lowest BCUT2D eigenvalue weighted by Crippen LogP contribution is -2.16. The Balaban J connectivity index is 1.96. The standard InChI is InChI=1S/C15H21NO/c1-12(17)14-9-5-6-10-15(14)16-11-13-7-3-2-4-8-13/h2-3,5-6,9-10,12-13,16-17H,4,7-8,11H2,1H3. The lowest BCUT2D eigenvalue weighted by atomic mass is 9.94. The van der Waals surface area contributed by atoms with Gasteiger partial charge in [-0.25, -0.2) is 0 Å². The number of nitrogens with one attached hydrogen (secondary N) is 1. The van der Waals surface area contributed by atoms with Crippen molar-refractivity contribution in [1.82, 2.24) is 0 Å². The third kappa shape index (κ3) is 3.34. The molecule has 2 rings (SSSR count). The second-order valence-electron chi connectivity index (χ2n) is 4.79. The fourth-order valence-corrected chi connectivity index (χ4v) is 2.32. The highest BCUT2D eigenvalue weighted by atomic mass is 16.3. The Morgan fingerprint density at radius 1 is 1.35 bits per heavy atom. The Bertz CT molecular complexity index is 384. The van der Waals surface area contributed by atoms with Crippen molar-refractivity contribution < 1.29 is 5.11 Å². The summed E-state index contributed by atoms with van der Waals surface area (Å²) in [5, 5.41) is 13.2. The Morgan fingerprint density at radius 3 is 2.88 bits per heavy atom. The molecule has 0 bridgehead atoms. The highest BCUT2D eigenvalue weighted by molar-refractivity contribution is 5.52. The Hall–Kier alpha value is -1.28. The second kappa shape index (κ2) is 5.87. The van der Waals surface area contributed by atoms with Crippen LogP contribution in [0, 0.1) is 5.92 Å². The minimum Gasteiger partial charge on any atom is -0.389 e. The molecule has 0 spiro atoms. The third-order valence-corrected chi connectivity index (χ3v) is 3.37. The molecule has 2 atom stereocenters. The summed E-state index contributed by atoms with van der Waals surface area (Å²) in [5.41, 5.74) is 2.05. The quantitative estimate of drug-likeness (QED) is 0.777. The fraction of sp³-hybridized carbons (Fsp3) is 0.467. The normalized spacial score (nSPS) is 21.2. The van der Waals surface area contributed by atoms with Gasteiger partial charge in [0.05, 0.1) is 6.10 Å². The van der Waals surface area contributed by atoms with Crippen molar-refractivity contribution in [3.8, 4) is 0 Å². The fourth-order valence-electron chi connectivity index (χ4n) is 2.32. The molecule has 0 saturated carbocycles. The van der Waals surface area contributed by atoms with Gasteiger partial charge in [0, 0.05) is 17.8 Å². The van der Waals surface area contributed by atoms with Crippen LogP contribution >= 0.6 is 0 Å². The first-order valence-corrected chi connectivity index (χ1v) is 6.43. The Kier molecular flexibility index (Phi) is 4.21. The number of benzene rings is 1. The minimum atomic E-state index is -0.412. The van der Waals surface area contributed by atoms with E-state index in [0.29, 0.717) is 0 Å². The van der Waals surface area contributed by atoms with Gasteiger partial charge >= 0.3 is 0 Å². The van der Waals surface area contributed by atoms with Crippen LogP contribution in [0.5, 0.6) is 0 Å². The second-order valence-corrected chi connectivity index (χ2v) is 4.79. The van der Waals surface area contributed by atoms with Gasteiger partial charge in [0.1, 0.15) is 0 Å². The number of hydrogen-bond donors (Lipinski definition) is 2. The first-order valence-electron chi connectivity index (χ1n) is 6.43. The number of hydrogen-bond acceptors (Lipinski definition) is 2. The first-order chi connectivity index (χ1) is 8.27. The van der Waals surface area contributed by atoms with E-state index in [-0.39, 0.29) is 0 Å². The molecule has 2 heteroatoms. The van der Waals surface area contributed by atoms with Crippen molar-refractivity contribution in [2.45, 2.75) is 32.3 Å². The average molecular weight is 231 g/mol. The highest BCUT2D eigenvalue weighted by Crippen LogP contribution is 2.24. The molecule has 0 radical (unpaired) electrons. The van der Waals surface area contributed by atoms with Crippen LogP contribution in [0.4, 0.5) is 5.69 Å². The van der Waals surface area contributed by atoms with Gasteiger partial charge < -0.3 is 10.4 Å². The molecule has 1 aliphatic rings. The number of rotatable bonds is 4. The Morgan fingerprint density at radius 2 is 2.18 bits per heavy atom. The molecule has 1 aromatic rings. The summed E-state index contributed by atoms with van der Waals surface area (Å²) in [6, 6.07) is 8.00. The summed E-state index contributed by atoms with van der Waals surface area (Å²) in [6.07, 6.45) is 7.76. The van der Waals surface area contributed by atoms with E-state index < -0.39 is 6.10 Å². The number of aliphatic hydroxyl groups is 1. The van der Waals surface area contributed by atoms with Crippen LogP contribution in [0.2, 0.25) is 0 Å². The van der Waals surface area contributed by atoms with Crippen LogP contribution in [-0.2, 0) is 0 Å². The van der Waals surface area contributed by atoms with Gasteiger partial charge in [-0.1, -0.05) is 30.4 Å². The molecule has 2 N–H and O–H groups in total. The van der Waals surface area contributed by atoms with Crippen molar-refractivity contribution in [2.75, 3.05) is 11.9 Å². The van der Waals surface area contributed by atoms with Crippen LogP contribution in [0.3, 0.4) is 0 Å². The predicted octanol–water partition coefficient (Wildman–Crippen LogP) is 3.51. The SMILES string of the molecule is CC(O)c1ccccc1NCC1CC=CCC1. The van der Waals surface area contributed by atoms with E-state index in [1.807, 2.05) is 31.2 Å². The topological polar surface area (TPSA) is 32.3 Å². The van der Waals surface area contributed by atoms with Crippen molar-refractivity contribution >= 4 is 5.69 Å². The van der Waals surface area contributed by atoms with Gasteiger partial charge in [0.15, 0.2) is 0 Å². The van der Waals surface area contributed by atoms with E-state index >= 15 is 0 Å². The Labute approximate surface area is 103 Å². The molecule has 2 nitrogen and oxygen atoms in total. The molecular weight excluding hydrogens is 210 g/mol. The van der Waals surface area contributed by atoms with Crippen LogP contribution in [0.15, 0.2) is 36.4 Å². The van der Waals surface area contributed by atoms with E-state index in [9.17, 15) is 5.11 Å². The summed E-state index contributed by atoms with van der Waals surface area (Å²) in [7, 11) is 0. The maximum absolute atomic E-state index is 9.69. The minimum absolute atomic E-state index is 0.412. The molecule has 1 aromatic carbocycles. The molecule has 1 aliphatic carbocycles.